The number of ether oxygens (including phenoxy) is 2. The summed E-state index contributed by atoms with van der Waals surface area (Å²) in [6.07, 6.45) is 2.76. The molecule has 0 aromatic rings. The van der Waals surface area contributed by atoms with E-state index < -0.39 is 5.54 Å². The molecular formula is C14H29NO3. The third kappa shape index (κ3) is 6.97. The predicted octanol–water partition coefficient (Wildman–Crippen LogP) is 2.50. The largest absolute Gasteiger partial charge is 0.465 e. The van der Waals surface area contributed by atoms with E-state index in [9.17, 15) is 4.79 Å². The topological polar surface area (TPSA) is 61.5 Å². The fraction of sp³-hybridized carbons (Fsp3) is 0.929. The Morgan fingerprint density at radius 2 is 1.94 bits per heavy atom. The monoisotopic (exact) mass is 259 g/mol. The molecule has 0 aliphatic carbocycles. The summed E-state index contributed by atoms with van der Waals surface area (Å²) in [6.45, 7) is 10.8. The van der Waals surface area contributed by atoms with Gasteiger partial charge >= 0.3 is 5.97 Å². The van der Waals surface area contributed by atoms with Crippen LogP contribution in [0.4, 0.5) is 0 Å². The highest BCUT2D eigenvalue weighted by molar-refractivity contribution is 5.80. The van der Waals surface area contributed by atoms with Gasteiger partial charge in [0.2, 0.25) is 0 Å². The standard InChI is InChI=1S/C14H29NO3/c1-6-8-11(3)10-18-12(4)9-14(5,15)13(16)17-7-2/h11-12H,6-10,15H2,1-5H3. The first-order valence-corrected chi connectivity index (χ1v) is 6.91. The van der Waals surface area contributed by atoms with E-state index in [0.717, 1.165) is 12.8 Å². The maximum absolute atomic E-state index is 11.6. The second-order valence-corrected chi connectivity index (χ2v) is 5.38. The van der Waals surface area contributed by atoms with Crippen LogP contribution >= 0.6 is 0 Å². The molecule has 108 valence electrons. The Balaban J connectivity index is 4.05. The summed E-state index contributed by atoms with van der Waals surface area (Å²) >= 11 is 0. The van der Waals surface area contributed by atoms with Crippen LogP contribution < -0.4 is 5.73 Å². The lowest BCUT2D eigenvalue weighted by Crippen LogP contribution is -2.48. The fourth-order valence-corrected chi connectivity index (χ4v) is 1.94. The van der Waals surface area contributed by atoms with Gasteiger partial charge in [-0.3, -0.25) is 4.79 Å². The maximum Gasteiger partial charge on any atom is 0.325 e. The lowest BCUT2D eigenvalue weighted by molar-refractivity contribution is -0.150. The zero-order valence-corrected chi connectivity index (χ0v) is 12.5. The molecule has 0 saturated heterocycles. The molecule has 0 aromatic heterocycles. The van der Waals surface area contributed by atoms with Crippen molar-refractivity contribution in [1.29, 1.82) is 0 Å². The van der Waals surface area contributed by atoms with Crippen LogP contribution in [0.5, 0.6) is 0 Å². The van der Waals surface area contributed by atoms with Gasteiger partial charge in [0.05, 0.1) is 12.7 Å². The van der Waals surface area contributed by atoms with Gasteiger partial charge in [0.15, 0.2) is 0 Å². The molecule has 4 heteroatoms. The fourth-order valence-electron chi connectivity index (χ4n) is 1.94. The van der Waals surface area contributed by atoms with Crippen molar-refractivity contribution in [1.82, 2.24) is 0 Å². The molecule has 2 N–H and O–H groups in total. The van der Waals surface area contributed by atoms with Crippen molar-refractivity contribution in [3.63, 3.8) is 0 Å². The van der Waals surface area contributed by atoms with Crippen LogP contribution in [0.15, 0.2) is 0 Å². The molecule has 3 atom stereocenters. The van der Waals surface area contributed by atoms with E-state index in [1.165, 1.54) is 0 Å². The van der Waals surface area contributed by atoms with Crippen molar-refractivity contribution in [3.05, 3.63) is 0 Å². The van der Waals surface area contributed by atoms with Crippen molar-refractivity contribution in [2.45, 2.75) is 65.5 Å². The lowest BCUT2D eigenvalue weighted by atomic mass is 9.96. The Kier molecular flexibility index (Phi) is 8.20. The highest BCUT2D eigenvalue weighted by Crippen LogP contribution is 2.15. The summed E-state index contributed by atoms with van der Waals surface area (Å²) in [5.41, 5.74) is 4.99. The summed E-state index contributed by atoms with van der Waals surface area (Å²) < 4.78 is 10.7. The van der Waals surface area contributed by atoms with E-state index in [2.05, 4.69) is 13.8 Å². The van der Waals surface area contributed by atoms with Crippen LogP contribution in [-0.2, 0) is 14.3 Å². The Hall–Kier alpha value is -0.610. The van der Waals surface area contributed by atoms with Gasteiger partial charge in [-0.15, -0.1) is 0 Å². The summed E-state index contributed by atoms with van der Waals surface area (Å²) in [5.74, 6) is 0.186. The van der Waals surface area contributed by atoms with E-state index in [1.807, 2.05) is 6.92 Å². The van der Waals surface area contributed by atoms with Crippen LogP contribution in [0, 0.1) is 5.92 Å². The Labute approximate surface area is 111 Å². The second-order valence-electron chi connectivity index (χ2n) is 5.38. The van der Waals surface area contributed by atoms with Crippen molar-refractivity contribution in [2.75, 3.05) is 13.2 Å². The normalized spacial score (nSPS) is 17.9. The van der Waals surface area contributed by atoms with Crippen molar-refractivity contribution in [2.24, 2.45) is 11.7 Å². The van der Waals surface area contributed by atoms with E-state index in [4.69, 9.17) is 15.2 Å². The molecule has 0 rings (SSSR count). The molecule has 0 bridgehead atoms. The highest BCUT2D eigenvalue weighted by atomic mass is 16.5. The van der Waals surface area contributed by atoms with Crippen LogP contribution in [-0.4, -0.2) is 30.8 Å². The minimum Gasteiger partial charge on any atom is -0.465 e. The van der Waals surface area contributed by atoms with E-state index >= 15 is 0 Å². The number of esters is 1. The minimum atomic E-state index is -0.969. The molecule has 0 heterocycles. The van der Waals surface area contributed by atoms with Crippen LogP contribution in [0.2, 0.25) is 0 Å². The number of carbonyl (C=O) groups excluding carboxylic acids is 1. The number of nitrogens with two attached hydrogens (primary N) is 1. The predicted molar refractivity (Wildman–Crippen MR) is 73.3 cm³/mol. The molecule has 0 spiro atoms. The smallest absolute Gasteiger partial charge is 0.325 e. The number of hydrogen-bond donors (Lipinski definition) is 1. The van der Waals surface area contributed by atoms with Gasteiger partial charge in [-0.05, 0) is 33.1 Å². The van der Waals surface area contributed by atoms with Gasteiger partial charge in [0, 0.05) is 13.0 Å². The summed E-state index contributed by atoms with van der Waals surface area (Å²) in [7, 11) is 0. The zero-order chi connectivity index (χ0) is 14.2. The maximum atomic E-state index is 11.6. The molecule has 0 fully saturated rings. The second kappa shape index (κ2) is 8.48. The Morgan fingerprint density at radius 3 is 2.44 bits per heavy atom. The van der Waals surface area contributed by atoms with Crippen molar-refractivity contribution >= 4 is 5.97 Å². The number of rotatable bonds is 9. The molecule has 4 nitrogen and oxygen atoms in total. The van der Waals surface area contributed by atoms with Crippen LogP contribution in [0.3, 0.4) is 0 Å². The van der Waals surface area contributed by atoms with E-state index in [1.54, 1.807) is 13.8 Å². The first kappa shape index (κ1) is 17.4. The van der Waals surface area contributed by atoms with Crippen molar-refractivity contribution in [3.8, 4) is 0 Å². The number of hydrogen-bond acceptors (Lipinski definition) is 4. The van der Waals surface area contributed by atoms with Gasteiger partial charge in [0.25, 0.3) is 0 Å². The molecule has 0 aliphatic heterocycles. The number of carbonyl (C=O) groups is 1. The third-order valence-electron chi connectivity index (χ3n) is 2.90. The van der Waals surface area contributed by atoms with Gasteiger partial charge < -0.3 is 15.2 Å². The van der Waals surface area contributed by atoms with Crippen LogP contribution in [0.25, 0.3) is 0 Å². The summed E-state index contributed by atoms with van der Waals surface area (Å²) in [4.78, 5) is 11.6. The molecule has 0 amide bonds. The molecular weight excluding hydrogens is 230 g/mol. The third-order valence-corrected chi connectivity index (χ3v) is 2.90. The average molecular weight is 259 g/mol. The summed E-state index contributed by atoms with van der Waals surface area (Å²) in [5, 5.41) is 0. The van der Waals surface area contributed by atoms with Gasteiger partial charge in [-0.1, -0.05) is 20.3 Å². The lowest BCUT2D eigenvalue weighted by Gasteiger charge is -2.26. The molecule has 3 unspecified atom stereocenters. The van der Waals surface area contributed by atoms with Crippen molar-refractivity contribution < 1.29 is 14.3 Å². The first-order valence-electron chi connectivity index (χ1n) is 6.91. The quantitative estimate of drug-likeness (QED) is 0.646. The van der Waals surface area contributed by atoms with E-state index in [-0.39, 0.29) is 12.1 Å². The average Bonchev–Trinajstić information content (AvgIpc) is 2.26. The van der Waals surface area contributed by atoms with Gasteiger partial charge in [-0.25, -0.2) is 0 Å². The Morgan fingerprint density at radius 1 is 1.33 bits per heavy atom. The van der Waals surface area contributed by atoms with Crippen LogP contribution in [0.1, 0.15) is 53.9 Å². The van der Waals surface area contributed by atoms with Gasteiger partial charge in [0.1, 0.15) is 5.54 Å². The van der Waals surface area contributed by atoms with Gasteiger partial charge in [-0.2, -0.15) is 0 Å². The minimum absolute atomic E-state index is 0.0382. The SMILES string of the molecule is CCCC(C)COC(C)CC(C)(N)C(=O)OCC. The molecule has 0 aromatic carbocycles. The Bertz CT molecular complexity index is 241. The molecule has 0 saturated carbocycles. The zero-order valence-electron chi connectivity index (χ0n) is 12.5. The first-order chi connectivity index (χ1) is 8.33. The van der Waals surface area contributed by atoms with E-state index in [0.29, 0.717) is 25.6 Å². The molecule has 0 radical (unpaired) electrons. The summed E-state index contributed by atoms with van der Waals surface area (Å²) in [6, 6.07) is 0. The highest BCUT2D eigenvalue weighted by Gasteiger charge is 2.32. The molecule has 0 aliphatic rings. The molecule has 18 heavy (non-hydrogen) atoms.